The number of allylic oxidation sites excluding steroid dienone is 11. The van der Waals surface area contributed by atoms with Crippen molar-refractivity contribution in [2.75, 3.05) is 0 Å². The molecule has 0 saturated carbocycles. The summed E-state index contributed by atoms with van der Waals surface area (Å²) in [5, 5.41) is 0. The predicted octanol–water partition coefficient (Wildman–Crippen LogP) is 10.6. The second kappa shape index (κ2) is 27.4. The molecule has 0 aliphatic carbocycles. The summed E-state index contributed by atoms with van der Waals surface area (Å²) >= 11 is 0. The Labute approximate surface area is 189 Å². The van der Waals surface area contributed by atoms with Gasteiger partial charge in [-0.25, -0.2) is 0 Å². The van der Waals surface area contributed by atoms with Gasteiger partial charge in [-0.1, -0.05) is 177 Å². The fourth-order valence-corrected chi connectivity index (χ4v) is 3.51. The van der Waals surface area contributed by atoms with Gasteiger partial charge in [0, 0.05) is 0 Å². The van der Waals surface area contributed by atoms with Crippen LogP contribution >= 0.6 is 0 Å². The van der Waals surface area contributed by atoms with Crippen molar-refractivity contribution >= 4 is 0 Å². The minimum Gasteiger partial charge on any atom is -0.0991 e. The van der Waals surface area contributed by atoms with Crippen LogP contribution in [0.3, 0.4) is 0 Å². The molecule has 0 fully saturated rings. The van der Waals surface area contributed by atoms with Crippen LogP contribution in [0.2, 0.25) is 0 Å². The van der Waals surface area contributed by atoms with Crippen molar-refractivity contribution in [1.82, 2.24) is 0 Å². The molecule has 170 valence electrons. The van der Waals surface area contributed by atoms with Gasteiger partial charge in [0.05, 0.1) is 0 Å². The highest BCUT2D eigenvalue weighted by atomic mass is 14.0. The van der Waals surface area contributed by atoms with Crippen LogP contribution in [0.5, 0.6) is 0 Å². The van der Waals surface area contributed by atoms with Gasteiger partial charge in [0.2, 0.25) is 0 Å². The lowest BCUT2D eigenvalue weighted by Gasteiger charge is -2.03. The first kappa shape index (κ1) is 28.4. The average Bonchev–Trinajstić information content (AvgIpc) is 2.76. The van der Waals surface area contributed by atoms with Crippen LogP contribution in [0.4, 0.5) is 0 Å². The van der Waals surface area contributed by atoms with Crippen LogP contribution < -0.4 is 0 Å². The zero-order valence-electron chi connectivity index (χ0n) is 20.1. The molecule has 0 aromatic rings. The standard InChI is InChI=1S/C30H50/c1-3-5-7-9-11-13-15-17-19-21-23-25-27-29-30-28-26-24-22-20-18-16-14-12-10-8-6-4-2/h3,5,7,9,11,13,15,17,19,21,23H,1,4,6,8,10,12,14,16,18,20,22,24-30H2,2H3/b7-5+,11-9+,15-13+,19-17+,23-21+. The average molecular weight is 411 g/mol. The van der Waals surface area contributed by atoms with E-state index >= 15 is 0 Å². The first-order chi connectivity index (χ1) is 14.9. The van der Waals surface area contributed by atoms with Gasteiger partial charge in [-0.05, 0) is 12.8 Å². The third kappa shape index (κ3) is 26.4. The van der Waals surface area contributed by atoms with Crippen molar-refractivity contribution in [2.24, 2.45) is 0 Å². The second-order valence-corrected chi connectivity index (χ2v) is 8.30. The van der Waals surface area contributed by atoms with Crippen molar-refractivity contribution in [3.05, 3.63) is 73.4 Å². The van der Waals surface area contributed by atoms with E-state index in [4.69, 9.17) is 0 Å². The molecule has 0 aromatic heterocycles. The second-order valence-electron chi connectivity index (χ2n) is 8.30. The predicted molar refractivity (Wildman–Crippen MR) is 140 cm³/mol. The number of unbranched alkanes of at least 4 members (excludes halogenated alkanes) is 16. The third-order valence-corrected chi connectivity index (χ3v) is 5.39. The molecule has 0 saturated heterocycles. The summed E-state index contributed by atoms with van der Waals surface area (Å²) in [6.07, 6.45) is 46.6. The van der Waals surface area contributed by atoms with E-state index in [1.165, 1.54) is 109 Å². The van der Waals surface area contributed by atoms with Gasteiger partial charge in [0.15, 0.2) is 0 Å². The molecule has 0 aromatic carbocycles. The van der Waals surface area contributed by atoms with Crippen molar-refractivity contribution in [1.29, 1.82) is 0 Å². The number of hydrogen-bond acceptors (Lipinski definition) is 0. The van der Waals surface area contributed by atoms with Crippen LogP contribution in [-0.4, -0.2) is 0 Å². The van der Waals surface area contributed by atoms with E-state index in [-0.39, 0.29) is 0 Å². The van der Waals surface area contributed by atoms with Crippen molar-refractivity contribution < 1.29 is 0 Å². The molecule has 0 heterocycles. The maximum atomic E-state index is 3.64. The highest BCUT2D eigenvalue weighted by Gasteiger charge is 1.94. The minimum atomic E-state index is 1.21. The molecule has 0 atom stereocenters. The summed E-state index contributed by atoms with van der Waals surface area (Å²) in [5.41, 5.74) is 0. The SMILES string of the molecule is C=C/C=C/C=C/C=C/C=C/C=C/CCCCCCCCCCCCCCCCCC. The smallest absolute Gasteiger partial charge is 0.0348 e. The molecule has 0 spiro atoms. The topological polar surface area (TPSA) is 0 Å². The first-order valence-electron chi connectivity index (χ1n) is 12.9. The lowest BCUT2D eigenvalue weighted by atomic mass is 10.0. The van der Waals surface area contributed by atoms with Gasteiger partial charge in [0.1, 0.15) is 0 Å². The Morgan fingerprint density at radius 1 is 0.400 bits per heavy atom. The van der Waals surface area contributed by atoms with Gasteiger partial charge in [-0.15, -0.1) is 0 Å². The largest absolute Gasteiger partial charge is 0.0991 e. The Kier molecular flexibility index (Phi) is 26.0. The van der Waals surface area contributed by atoms with Crippen molar-refractivity contribution in [2.45, 2.75) is 116 Å². The Bertz CT molecular complexity index is 472. The van der Waals surface area contributed by atoms with Crippen LogP contribution in [0.25, 0.3) is 0 Å². The highest BCUT2D eigenvalue weighted by Crippen LogP contribution is 2.14. The molecule has 0 aliphatic heterocycles. The van der Waals surface area contributed by atoms with Crippen LogP contribution in [0.1, 0.15) is 116 Å². The zero-order chi connectivity index (χ0) is 21.8. The van der Waals surface area contributed by atoms with E-state index < -0.39 is 0 Å². The molecule has 0 nitrogen and oxygen atoms in total. The van der Waals surface area contributed by atoms with Crippen LogP contribution in [0.15, 0.2) is 73.4 Å². The number of hydrogen-bond donors (Lipinski definition) is 0. The molecule has 30 heavy (non-hydrogen) atoms. The Balaban J connectivity index is 3.25. The van der Waals surface area contributed by atoms with E-state index in [0.717, 1.165) is 0 Å². The molecule has 0 heteroatoms. The van der Waals surface area contributed by atoms with E-state index in [1.807, 2.05) is 30.4 Å². The van der Waals surface area contributed by atoms with Crippen LogP contribution in [-0.2, 0) is 0 Å². The summed E-state index contributed by atoms with van der Waals surface area (Å²) in [5.74, 6) is 0. The fourth-order valence-electron chi connectivity index (χ4n) is 3.51. The van der Waals surface area contributed by atoms with E-state index in [0.29, 0.717) is 0 Å². The zero-order valence-corrected chi connectivity index (χ0v) is 20.1. The Morgan fingerprint density at radius 2 is 0.733 bits per heavy atom. The third-order valence-electron chi connectivity index (χ3n) is 5.39. The summed E-state index contributed by atoms with van der Waals surface area (Å²) in [7, 11) is 0. The number of rotatable bonds is 22. The Hall–Kier alpha value is -1.56. The first-order valence-corrected chi connectivity index (χ1v) is 12.9. The summed E-state index contributed by atoms with van der Waals surface area (Å²) in [6, 6.07) is 0. The molecule has 0 rings (SSSR count). The van der Waals surface area contributed by atoms with Gasteiger partial charge in [-0.2, -0.15) is 0 Å². The molecule has 0 aliphatic rings. The fraction of sp³-hybridized carbons (Fsp3) is 0.600. The van der Waals surface area contributed by atoms with E-state index in [9.17, 15) is 0 Å². The van der Waals surface area contributed by atoms with Gasteiger partial charge < -0.3 is 0 Å². The summed E-state index contributed by atoms with van der Waals surface area (Å²) < 4.78 is 0. The lowest BCUT2D eigenvalue weighted by Crippen LogP contribution is -1.83. The Morgan fingerprint density at radius 3 is 1.13 bits per heavy atom. The molecule has 0 amide bonds. The normalized spacial score (nSPS) is 12.6. The molecular formula is C30H50. The summed E-state index contributed by atoms with van der Waals surface area (Å²) in [4.78, 5) is 0. The quantitative estimate of drug-likeness (QED) is 0.123. The van der Waals surface area contributed by atoms with Crippen molar-refractivity contribution in [3.63, 3.8) is 0 Å². The van der Waals surface area contributed by atoms with Gasteiger partial charge in [0.25, 0.3) is 0 Å². The van der Waals surface area contributed by atoms with Crippen LogP contribution in [0, 0.1) is 0 Å². The molecule has 0 radical (unpaired) electrons. The maximum absolute atomic E-state index is 3.64. The lowest BCUT2D eigenvalue weighted by molar-refractivity contribution is 0.530. The van der Waals surface area contributed by atoms with E-state index in [1.54, 1.807) is 6.08 Å². The molecule has 0 bridgehead atoms. The summed E-state index contributed by atoms with van der Waals surface area (Å²) in [6.45, 7) is 5.93. The molecule has 0 unspecified atom stereocenters. The highest BCUT2D eigenvalue weighted by molar-refractivity contribution is 5.18. The van der Waals surface area contributed by atoms with E-state index in [2.05, 4.69) is 43.9 Å². The monoisotopic (exact) mass is 410 g/mol. The minimum absolute atomic E-state index is 1.21. The van der Waals surface area contributed by atoms with Crippen molar-refractivity contribution in [3.8, 4) is 0 Å². The van der Waals surface area contributed by atoms with Gasteiger partial charge in [-0.3, -0.25) is 0 Å². The molecular weight excluding hydrogens is 360 g/mol. The molecule has 0 N–H and O–H groups in total. The van der Waals surface area contributed by atoms with Gasteiger partial charge >= 0.3 is 0 Å². The maximum Gasteiger partial charge on any atom is -0.0348 e.